The van der Waals surface area contributed by atoms with E-state index in [1.54, 1.807) is 4.90 Å². The number of piperidine rings is 1. The van der Waals surface area contributed by atoms with Gasteiger partial charge in [0.25, 0.3) is 11.5 Å². The molecule has 6 heteroatoms. The number of hydrogen-bond acceptors (Lipinski definition) is 4. The van der Waals surface area contributed by atoms with Gasteiger partial charge in [0, 0.05) is 19.3 Å². The van der Waals surface area contributed by atoms with Crippen LogP contribution in [0.25, 0.3) is 0 Å². The molecule has 0 spiro atoms. The lowest BCUT2D eigenvalue weighted by atomic mass is 9.99. The molecule has 2 heterocycles. The Morgan fingerprint density at radius 2 is 2.42 bits per heavy atom. The molecule has 0 bridgehead atoms. The van der Waals surface area contributed by atoms with Gasteiger partial charge in [-0.05, 0) is 38.8 Å². The van der Waals surface area contributed by atoms with Crippen LogP contribution in [-0.2, 0) is 0 Å². The van der Waals surface area contributed by atoms with E-state index in [1.807, 2.05) is 6.92 Å². The van der Waals surface area contributed by atoms with Crippen LogP contribution in [0.5, 0.6) is 0 Å². The zero-order valence-corrected chi connectivity index (χ0v) is 11.2. The summed E-state index contributed by atoms with van der Waals surface area (Å²) in [6, 6.07) is 0. The second-order valence-electron chi connectivity index (χ2n) is 4.85. The highest BCUT2D eigenvalue weighted by Crippen LogP contribution is 2.13. The lowest BCUT2D eigenvalue weighted by Gasteiger charge is -2.29. The number of nitrogens with zero attached hydrogens (tertiary/aromatic N) is 2. The summed E-state index contributed by atoms with van der Waals surface area (Å²) in [6.45, 7) is 5.37. The highest BCUT2D eigenvalue weighted by atomic mass is 16.2. The molecule has 0 aromatic carbocycles. The maximum absolute atomic E-state index is 12.3. The van der Waals surface area contributed by atoms with Crippen molar-refractivity contribution in [2.24, 2.45) is 5.92 Å². The van der Waals surface area contributed by atoms with Gasteiger partial charge in [0.05, 0.1) is 6.20 Å². The fraction of sp³-hybridized carbons (Fsp3) is 0.615. The minimum atomic E-state index is -0.295. The number of aromatic amines is 1. The standard InChI is InChI=1S/C13H20N4O2/c1-2-17(9-10-4-3-5-14-6-10)13(19)11-7-16-12(18)8-15-11/h7-8,10,14H,2-6,9H2,1H3,(H,16,18). The van der Waals surface area contributed by atoms with Crippen molar-refractivity contribution in [3.63, 3.8) is 0 Å². The molecule has 1 aliphatic heterocycles. The largest absolute Gasteiger partial charge is 0.337 e. The van der Waals surface area contributed by atoms with Crippen molar-refractivity contribution in [3.8, 4) is 0 Å². The molecular weight excluding hydrogens is 244 g/mol. The van der Waals surface area contributed by atoms with Crippen LogP contribution in [0.2, 0.25) is 0 Å². The molecule has 1 unspecified atom stereocenters. The van der Waals surface area contributed by atoms with E-state index in [-0.39, 0.29) is 11.5 Å². The molecule has 1 saturated heterocycles. The van der Waals surface area contributed by atoms with E-state index >= 15 is 0 Å². The predicted octanol–water partition coefficient (Wildman–Crippen LogP) is 0.232. The van der Waals surface area contributed by atoms with E-state index in [0.29, 0.717) is 18.2 Å². The predicted molar refractivity (Wildman–Crippen MR) is 72.0 cm³/mol. The van der Waals surface area contributed by atoms with E-state index < -0.39 is 0 Å². The van der Waals surface area contributed by atoms with Gasteiger partial charge < -0.3 is 15.2 Å². The quantitative estimate of drug-likeness (QED) is 0.816. The Bertz CT molecular complexity index is 459. The van der Waals surface area contributed by atoms with Crippen LogP contribution in [0.4, 0.5) is 0 Å². The summed E-state index contributed by atoms with van der Waals surface area (Å²) >= 11 is 0. The molecule has 0 radical (unpaired) electrons. The van der Waals surface area contributed by atoms with Gasteiger partial charge in [0.1, 0.15) is 5.69 Å². The second-order valence-corrected chi connectivity index (χ2v) is 4.85. The van der Waals surface area contributed by atoms with Crippen molar-refractivity contribution in [1.29, 1.82) is 0 Å². The number of nitrogens with one attached hydrogen (secondary N) is 2. The zero-order chi connectivity index (χ0) is 13.7. The molecule has 1 aliphatic rings. The SMILES string of the molecule is CCN(CC1CCCNC1)C(=O)c1c[nH]c(=O)cn1. The summed E-state index contributed by atoms with van der Waals surface area (Å²) < 4.78 is 0. The number of hydrogen-bond donors (Lipinski definition) is 2. The Labute approximate surface area is 112 Å². The summed E-state index contributed by atoms with van der Waals surface area (Å²) in [6.07, 6.45) is 4.83. The maximum atomic E-state index is 12.3. The van der Waals surface area contributed by atoms with Crippen LogP contribution in [-0.4, -0.2) is 47.0 Å². The average Bonchev–Trinajstić information content (AvgIpc) is 2.46. The number of aromatic nitrogens is 2. The van der Waals surface area contributed by atoms with Gasteiger partial charge in [-0.3, -0.25) is 9.59 Å². The minimum Gasteiger partial charge on any atom is -0.337 e. The normalized spacial score (nSPS) is 19.1. The van der Waals surface area contributed by atoms with E-state index in [2.05, 4.69) is 15.3 Å². The molecule has 2 N–H and O–H groups in total. The molecule has 0 saturated carbocycles. The average molecular weight is 264 g/mol. The van der Waals surface area contributed by atoms with Crippen LogP contribution >= 0.6 is 0 Å². The van der Waals surface area contributed by atoms with Crippen molar-refractivity contribution in [1.82, 2.24) is 20.2 Å². The molecule has 2 rings (SSSR count). The third-order valence-corrected chi connectivity index (χ3v) is 3.44. The summed E-state index contributed by atoms with van der Waals surface area (Å²) in [7, 11) is 0. The zero-order valence-electron chi connectivity index (χ0n) is 11.2. The number of carbonyl (C=O) groups excluding carboxylic acids is 1. The van der Waals surface area contributed by atoms with Gasteiger partial charge in [0.2, 0.25) is 0 Å². The Kier molecular flexibility index (Phi) is 4.68. The number of rotatable bonds is 4. The molecule has 0 aliphatic carbocycles. The van der Waals surface area contributed by atoms with Gasteiger partial charge in [-0.15, -0.1) is 0 Å². The van der Waals surface area contributed by atoms with E-state index in [0.717, 1.165) is 38.7 Å². The Balaban J connectivity index is 2.01. The van der Waals surface area contributed by atoms with Crippen molar-refractivity contribution in [2.75, 3.05) is 26.2 Å². The van der Waals surface area contributed by atoms with Crippen molar-refractivity contribution < 1.29 is 4.79 Å². The van der Waals surface area contributed by atoms with Crippen molar-refractivity contribution >= 4 is 5.91 Å². The fourth-order valence-electron chi connectivity index (χ4n) is 2.37. The molecule has 104 valence electrons. The van der Waals surface area contributed by atoms with Gasteiger partial charge in [0.15, 0.2) is 0 Å². The second kappa shape index (κ2) is 6.47. The smallest absolute Gasteiger partial charge is 0.273 e. The summed E-state index contributed by atoms with van der Waals surface area (Å²) in [5.74, 6) is 0.379. The summed E-state index contributed by atoms with van der Waals surface area (Å²) in [4.78, 5) is 31.4. The van der Waals surface area contributed by atoms with Crippen LogP contribution in [0.15, 0.2) is 17.2 Å². The van der Waals surface area contributed by atoms with Gasteiger partial charge in [-0.25, -0.2) is 4.98 Å². The van der Waals surface area contributed by atoms with Crippen molar-refractivity contribution in [3.05, 3.63) is 28.4 Å². The molecule has 1 amide bonds. The fourth-order valence-corrected chi connectivity index (χ4v) is 2.37. The topological polar surface area (TPSA) is 78.1 Å². The molecular formula is C13H20N4O2. The van der Waals surface area contributed by atoms with Gasteiger partial charge >= 0.3 is 0 Å². The summed E-state index contributed by atoms with van der Waals surface area (Å²) in [5, 5.41) is 3.35. The van der Waals surface area contributed by atoms with E-state index in [1.165, 1.54) is 6.20 Å². The summed E-state index contributed by atoms with van der Waals surface area (Å²) in [5.41, 5.74) is 0.00120. The van der Waals surface area contributed by atoms with Crippen LogP contribution in [0.3, 0.4) is 0 Å². The van der Waals surface area contributed by atoms with Crippen LogP contribution < -0.4 is 10.9 Å². The highest BCUT2D eigenvalue weighted by molar-refractivity contribution is 5.91. The van der Waals surface area contributed by atoms with Crippen molar-refractivity contribution in [2.45, 2.75) is 19.8 Å². The van der Waals surface area contributed by atoms with E-state index in [4.69, 9.17) is 0 Å². The van der Waals surface area contributed by atoms with Gasteiger partial charge in [-0.1, -0.05) is 0 Å². The third kappa shape index (κ3) is 3.64. The highest BCUT2D eigenvalue weighted by Gasteiger charge is 2.21. The first-order valence-corrected chi connectivity index (χ1v) is 6.75. The Morgan fingerprint density at radius 1 is 1.58 bits per heavy atom. The molecule has 1 atom stereocenters. The van der Waals surface area contributed by atoms with Gasteiger partial charge in [-0.2, -0.15) is 0 Å². The first kappa shape index (κ1) is 13.7. The number of H-pyrrole nitrogens is 1. The first-order chi connectivity index (χ1) is 9.20. The molecule has 19 heavy (non-hydrogen) atoms. The molecule has 1 aromatic rings. The lowest BCUT2D eigenvalue weighted by molar-refractivity contribution is 0.0722. The first-order valence-electron chi connectivity index (χ1n) is 6.75. The molecule has 6 nitrogen and oxygen atoms in total. The Hall–Kier alpha value is -1.69. The number of amides is 1. The molecule has 1 fully saturated rings. The Morgan fingerprint density at radius 3 is 3.00 bits per heavy atom. The third-order valence-electron chi connectivity index (χ3n) is 3.44. The minimum absolute atomic E-state index is 0.121. The monoisotopic (exact) mass is 264 g/mol. The van der Waals surface area contributed by atoms with Crippen LogP contribution in [0, 0.1) is 5.92 Å². The molecule has 1 aromatic heterocycles. The van der Waals surface area contributed by atoms with E-state index in [9.17, 15) is 9.59 Å². The van der Waals surface area contributed by atoms with Crippen LogP contribution in [0.1, 0.15) is 30.3 Å². The maximum Gasteiger partial charge on any atom is 0.273 e. The lowest BCUT2D eigenvalue weighted by Crippen LogP contribution is -2.41. The number of carbonyl (C=O) groups is 1.